The van der Waals surface area contributed by atoms with E-state index in [0.717, 1.165) is 0 Å². The lowest BCUT2D eigenvalue weighted by Gasteiger charge is -2.17. The molecule has 0 amide bonds. The summed E-state index contributed by atoms with van der Waals surface area (Å²) in [7, 11) is 0. The lowest BCUT2D eigenvalue weighted by atomic mass is 10.1. The van der Waals surface area contributed by atoms with Crippen molar-refractivity contribution >= 4 is 0 Å². The molecule has 0 fully saturated rings. The van der Waals surface area contributed by atoms with Crippen molar-refractivity contribution in [2.24, 2.45) is 0 Å². The number of alkyl halides is 3. The minimum Gasteiger partial charge on any atom is -0.309 e. The fraction of sp³-hybridized carbons (Fsp3) is 0.636. The van der Waals surface area contributed by atoms with Crippen molar-refractivity contribution in [1.29, 1.82) is 0 Å². The Morgan fingerprint density at radius 2 is 2.12 bits per heavy atom. The second-order valence-corrected chi connectivity index (χ2v) is 3.75. The Labute approximate surface area is 98.5 Å². The van der Waals surface area contributed by atoms with E-state index in [1.165, 1.54) is 0 Å². The van der Waals surface area contributed by atoms with Crippen LogP contribution in [0.15, 0.2) is 18.6 Å². The molecule has 0 aromatic carbocycles. The second kappa shape index (κ2) is 6.54. The Hall–Kier alpha value is -1.17. The third kappa shape index (κ3) is 5.63. The molecule has 6 heteroatoms. The van der Waals surface area contributed by atoms with Crippen molar-refractivity contribution in [2.45, 2.75) is 38.4 Å². The largest absolute Gasteiger partial charge is 0.389 e. The van der Waals surface area contributed by atoms with E-state index in [1.807, 2.05) is 6.92 Å². The van der Waals surface area contributed by atoms with Crippen LogP contribution in [-0.4, -0.2) is 22.7 Å². The van der Waals surface area contributed by atoms with Crippen molar-refractivity contribution < 1.29 is 13.2 Å². The normalized spacial score (nSPS) is 13.6. The first-order valence-corrected chi connectivity index (χ1v) is 5.59. The number of aromatic nitrogens is 2. The van der Waals surface area contributed by atoms with E-state index in [1.54, 1.807) is 18.6 Å². The van der Waals surface area contributed by atoms with Gasteiger partial charge >= 0.3 is 6.18 Å². The van der Waals surface area contributed by atoms with Crippen molar-refractivity contribution in [3.63, 3.8) is 0 Å². The molecule has 1 aromatic heterocycles. The minimum atomic E-state index is -4.08. The summed E-state index contributed by atoms with van der Waals surface area (Å²) < 4.78 is 36.1. The number of hydrogen-bond donors (Lipinski definition) is 1. The molecule has 96 valence electrons. The summed E-state index contributed by atoms with van der Waals surface area (Å²) >= 11 is 0. The van der Waals surface area contributed by atoms with Gasteiger partial charge in [0.2, 0.25) is 0 Å². The molecule has 0 saturated heterocycles. The summed E-state index contributed by atoms with van der Waals surface area (Å²) in [6, 6.07) is -0.156. The molecule has 1 atom stereocenters. The highest BCUT2D eigenvalue weighted by molar-refractivity contribution is 5.01. The van der Waals surface area contributed by atoms with Crippen LogP contribution in [0.5, 0.6) is 0 Å². The Balaban J connectivity index is 2.50. The summed E-state index contributed by atoms with van der Waals surface area (Å²) in [5, 5.41) is 3.12. The molecule has 1 heterocycles. The molecule has 17 heavy (non-hydrogen) atoms. The van der Waals surface area contributed by atoms with Crippen molar-refractivity contribution in [3.8, 4) is 0 Å². The molecule has 0 saturated carbocycles. The number of rotatable bonds is 6. The van der Waals surface area contributed by atoms with Gasteiger partial charge in [0, 0.05) is 25.0 Å². The third-order valence-electron chi connectivity index (χ3n) is 2.34. The minimum absolute atomic E-state index is 0.0950. The summed E-state index contributed by atoms with van der Waals surface area (Å²) in [6.45, 7) is 2.60. The van der Waals surface area contributed by atoms with Crippen LogP contribution in [0.4, 0.5) is 13.2 Å². The molecule has 0 aliphatic rings. The standard InChI is InChI=1S/C11H16F3N3/c1-2-16-9(4-3-5-11(12,13)14)10-8-15-6-7-17-10/h6-9,16H,2-5H2,1H3. The van der Waals surface area contributed by atoms with Crippen LogP contribution in [0.2, 0.25) is 0 Å². The molecule has 0 bridgehead atoms. The zero-order valence-electron chi connectivity index (χ0n) is 9.67. The molecule has 1 unspecified atom stereocenters. The fourth-order valence-corrected chi connectivity index (χ4v) is 1.60. The maximum Gasteiger partial charge on any atom is 0.389 e. The molecule has 0 radical (unpaired) electrons. The van der Waals surface area contributed by atoms with Crippen LogP contribution in [0.1, 0.15) is 37.9 Å². The number of nitrogens with zero attached hydrogens (tertiary/aromatic N) is 2. The second-order valence-electron chi connectivity index (χ2n) is 3.75. The Morgan fingerprint density at radius 3 is 2.65 bits per heavy atom. The summed E-state index contributed by atoms with van der Waals surface area (Å²) in [4.78, 5) is 8.03. The van der Waals surface area contributed by atoms with Crippen LogP contribution in [-0.2, 0) is 0 Å². The molecule has 3 nitrogen and oxygen atoms in total. The highest BCUT2D eigenvalue weighted by Gasteiger charge is 2.27. The van der Waals surface area contributed by atoms with Crippen LogP contribution >= 0.6 is 0 Å². The highest BCUT2D eigenvalue weighted by atomic mass is 19.4. The van der Waals surface area contributed by atoms with Crippen molar-refractivity contribution in [1.82, 2.24) is 15.3 Å². The number of hydrogen-bond acceptors (Lipinski definition) is 3. The first-order valence-electron chi connectivity index (χ1n) is 5.59. The van der Waals surface area contributed by atoms with Gasteiger partial charge in [-0.2, -0.15) is 13.2 Å². The molecule has 1 aromatic rings. The van der Waals surface area contributed by atoms with Crippen LogP contribution in [0.3, 0.4) is 0 Å². The van der Waals surface area contributed by atoms with Gasteiger partial charge in [0.15, 0.2) is 0 Å². The lowest BCUT2D eigenvalue weighted by Crippen LogP contribution is -2.22. The van der Waals surface area contributed by atoms with Gasteiger partial charge in [-0.15, -0.1) is 0 Å². The Bertz CT molecular complexity index is 313. The third-order valence-corrected chi connectivity index (χ3v) is 2.34. The van der Waals surface area contributed by atoms with Crippen LogP contribution in [0, 0.1) is 0 Å². The number of halogens is 3. The molecule has 0 spiro atoms. The number of nitrogens with one attached hydrogen (secondary N) is 1. The van der Waals surface area contributed by atoms with Gasteiger partial charge in [-0.25, -0.2) is 0 Å². The van der Waals surface area contributed by atoms with E-state index in [4.69, 9.17) is 0 Å². The maximum absolute atomic E-state index is 12.0. The predicted octanol–water partition coefficient (Wildman–Crippen LogP) is 2.86. The van der Waals surface area contributed by atoms with Crippen molar-refractivity contribution in [2.75, 3.05) is 6.54 Å². The summed E-state index contributed by atoms with van der Waals surface area (Å²) in [6.07, 6.45) is 0.338. The topological polar surface area (TPSA) is 37.8 Å². The van der Waals surface area contributed by atoms with Gasteiger partial charge in [0.1, 0.15) is 0 Å². The van der Waals surface area contributed by atoms with Gasteiger partial charge in [-0.1, -0.05) is 6.92 Å². The fourth-order valence-electron chi connectivity index (χ4n) is 1.60. The summed E-state index contributed by atoms with van der Waals surface area (Å²) in [5.41, 5.74) is 0.691. The first kappa shape index (κ1) is 13.9. The zero-order valence-corrected chi connectivity index (χ0v) is 9.67. The van der Waals surface area contributed by atoms with E-state index in [-0.39, 0.29) is 12.5 Å². The molecule has 1 rings (SSSR count). The zero-order chi connectivity index (χ0) is 12.7. The predicted molar refractivity (Wildman–Crippen MR) is 58.4 cm³/mol. The van der Waals surface area contributed by atoms with Gasteiger partial charge in [0.25, 0.3) is 0 Å². The smallest absolute Gasteiger partial charge is 0.309 e. The molecule has 0 aliphatic heterocycles. The first-order chi connectivity index (χ1) is 8.03. The SMILES string of the molecule is CCNC(CCCC(F)(F)F)c1cnccn1. The lowest BCUT2D eigenvalue weighted by molar-refractivity contribution is -0.135. The van der Waals surface area contributed by atoms with E-state index in [0.29, 0.717) is 18.7 Å². The molecular weight excluding hydrogens is 231 g/mol. The highest BCUT2D eigenvalue weighted by Crippen LogP contribution is 2.25. The summed E-state index contributed by atoms with van der Waals surface area (Å²) in [5.74, 6) is 0. The monoisotopic (exact) mass is 247 g/mol. The molecule has 0 aliphatic carbocycles. The average Bonchev–Trinajstić information content (AvgIpc) is 2.27. The van der Waals surface area contributed by atoms with E-state index >= 15 is 0 Å². The van der Waals surface area contributed by atoms with E-state index in [9.17, 15) is 13.2 Å². The Kier molecular flexibility index (Phi) is 5.34. The van der Waals surface area contributed by atoms with Gasteiger partial charge in [0.05, 0.1) is 11.7 Å². The van der Waals surface area contributed by atoms with E-state index < -0.39 is 12.6 Å². The molecule has 1 N–H and O–H groups in total. The quantitative estimate of drug-likeness (QED) is 0.840. The van der Waals surface area contributed by atoms with Gasteiger partial charge < -0.3 is 5.32 Å². The van der Waals surface area contributed by atoms with Gasteiger partial charge in [-0.3, -0.25) is 9.97 Å². The average molecular weight is 247 g/mol. The maximum atomic E-state index is 12.0. The Morgan fingerprint density at radius 1 is 1.35 bits per heavy atom. The van der Waals surface area contributed by atoms with Crippen molar-refractivity contribution in [3.05, 3.63) is 24.3 Å². The van der Waals surface area contributed by atoms with Crippen LogP contribution < -0.4 is 5.32 Å². The van der Waals surface area contributed by atoms with E-state index in [2.05, 4.69) is 15.3 Å². The van der Waals surface area contributed by atoms with Gasteiger partial charge in [-0.05, 0) is 19.4 Å². The van der Waals surface area contributed by atoms with Crippen LogP contribution in [0.25, 0.3) is 0 Å². The molecular formula is C11H16F3N3.